The lowest BCUT2D eigenvalue weighted by atomic mass is 9.85. The summed E-state index contributed by atoms with van der Waals surface area (Å²) in [7, 11) is 1.69. The molecule has 0 aliphatic rings. The van der Waals surface area contributed by atoms with Crippen LogP contribution < -0.4 is 15.5 Å². The zero-order valence-corrected chi connectivity index (χ0v) is 16.7. The van der Waals surface area contributed by atoms with Crippen LogP contribution in [0.4, 0.5) is 5.13 Å². The molecule has 3 rings (SSSR count). The summed E-state index contributed by atoms with van der Waals surface area (Å²) in [6, 6.07) is 17.3. The van der Waals surface area contributed by atoms with Crippen LogP contribution in [0.2, 0.25) is 0 Å². The number of thiazole rings is 1. The summed E-state index contributed by atoms with van der Waals surface area (Å²) in [5, 5.41) is 2.86. The Kier molecular flexibility index (Phi) is 5.33. The molecule has 3 nitrogen and oxygen atoms in total. The summed E-state index contributed by atoms with van der Waals surface area (Å²) in [6.07, 6.45) is 0.920. The fraction of sp³-hybridized carbons (Fsp3) is 0.318. The minimum absolute atomic E-state index is 0.170. The molecule has 1 heterocycles. The summed E-state index contributed by atoms with van der Waals surface area (Å²) in [4.78, 5) is 3.32. The summed E-state index contributed by atoms with van der Waals surface area (Å²) in [5.41, 5.74) is 11.2. The van der Waals surface area contributed by atoms with Gasteiger partial charge in [-0.2, -0.15) is 0 Å². The minimum Gasteiger partial charge on any atom is -0.497 e. The average molecular weight is 368 g/mol. The highest BCUT2D eigenvalue weighted by Gasteiger charge is 2.21. The second kappa shape index (κ2) is 7.50. The van der Waals surface area contributed by atoms with Gasteiger partial charge in [0.25, 0.3) is 0 Å². The molecular weight excluding hydrogens is 340 g/mol. The Hall–Kier alpha value is -2.33. The molecule has 1 aromatic heterocycles. The molecule has 136 valence electrons. The highest BCUT2D eigenvalue weighted by Crippen LogP contribution is 2.30. The van der Waals surface area contributed by atoms with Crippen LogP contribution in [0, 0.1) is 0 Å². The third-order valence-corrected chi connectivity index (χ3v) is 5.46. The number of hydrogen-bond acceptors (Lipinski definition) is 3. The minimum atomic E-state index is 0.170. The summed E-state index contributed by atoms with van der Waals surface area (Å²) in [6.45, 7) is 6.72. The second-order valence-electron chi connectivity index (χ2n) is 7.66. The zero-order chi connectivity index (χ0) is 18.7. The molecule has 0 aliphatic heterocycles. The van der Waals surface area contributed by atoms with Gasteiger partial charge < -0.3 is 4.74 Å². The number of methoxy groups -OCH3 is 1. The van der Waals surface area contributed by atoms with E-state index in [9.17, 15) is 0 Å². The van der Waals surface area contributed by atoms with Gasteiger partial charge >= 0.3 is 5.13 Å². The van der Waals surface area contributed by atoms with E-state index in [1.165, 1.54) is 16.7 Å². The normalized spacial score (nSPS) is 12.8. The maximum atomic E-state index is 5.94. The first-order valence-electron chi connectivity index (χ1n) is 8.86. The van der Waals surface area contributed by atoms with Crippen LogP contribution >= 0.6 is 11.3 Å². The van der Waals surface area contributed by atoms with Crippen molar-refractivity contribution in [1.82, 2.24) is 0 Å². The maximum Gasteiger partial charge on any atom is 0.329 e. The van der Waals surface area contributed by atoms with Gasteiger partial charge in [0.1, 0.15) is 11.4 Å². The number of nitrogen functional groups attached to an aromatic ring is 1. The van der Waals surface area contributed by atoms with E-state index in [4.69, 9.17) is 10.5 Å². The van der Waals surface area contributed by atoms with Crippen LogP contribution in [-0.4, -0.2) is 7.11 Å². The SMILES string of the molecule is COc1ccc(C(Cc2ccc(C(C)(C)C)cc2)c2csc(N)[nH+]2)cc1. The largest absolute Gasteiger partial charge is 0.497 e. The summed E-state index contributed by atoms with van der Waals surface area (Å²) in [5.74, 6) is 1.10. The van der Waals surface area contributed by atoms with Gasteiger partial charge in [0.2, 0.25) is 0 Å². The molecule has 0 radical (unpaired) electrons. The van der Waals surface area contributed by atoms with Gasteiger partial charge in [-0.3, -0.25) is 5.73 Å². The maximum absolute atomic E-state index is 5.94. The van der Waals surface area contributed by atoms with E-state index >= 15 is 0 Å². The van der Waals surface area contributed by atoms with Gasteiger partial charge in [0.15, 0.2) is 0 Å². The summed E-state index contributed by atoms with van der Waals surface area (Å²) < 4.78 is 5.30. The van der Waals surface area contributed by atoms with Crippen molar-refractivity contribution in [2.75, 3.05) is 12.8 Å². The molecule has 0 aliphatic carbocycles. The Bertz CT molecular complexity index is 845. The van der Waals surface area contributed by atoms with Crippen molar-refractivity contribution in [3.63, 3.8) is 0 Å². The first-order valence-corrected chi connectivity index (χ1v) is 9.74. The topological polar surface area (TPSA) is 49.4 Å². The van der Waals surface area contributed by atoms with E-state index in [0.29, 0.717) is 0 Å². The second-order valence-corrected chi connectivity index (χ2v) is 8.57. The van der Waals surface area contributed by atoms with Gasteiger partial charge in [-0.05, 0) is 40.7 Å². The Morgan fingerprint density at radius 1 is 1.04 bits per heavy atom. The number of nitrogens with one attached hydrogen (secondary N) is 1. The van der Waals surface area contributed by atoms with Crippen LogP contribution in [0.15, 0.2) is 53.9 Å². The number of aromatic amines is 1. The molecule has 2 aromatic carbocycles. The van der Waals surface area contributed by atoms with Crippen molar-refractivity contribution in [2.45, 2.75) is 38.5 Å². The highest BCUT2D eigenvalue weighted by molar-refractivity contribution is 7.13. The van der Waals surface area contributed by atoms with Gasteiger partial charge in [0.05, 0.1) is 13.0 Å². The predicted molar refractivity (Wildman–Crippen MR) is 109 cm³/mol. The molecule has 0 saturated heterocycles. The Morgan fingerprint density at radius 3 is 2.19 bits per heavy atom. The molecule has 26 heavy (non-hydrogen) atoms. The van der Waals surface area contributed by atoms with E-state index < -0.39 is 0 Å². The van der Waals surface area contributed by atoms with E-state index in [1.807, 2.05) is 12.1 Å². The molecule has 4 heteroatoms. The Labute approximate surface area is 159 Å². The number of H-pyrrole nitrogens is 1. The molecule has 0 spiro atoms. The van der Waals surface area contributed by atoms with E-state index in [-0.39, 0.29) is 11.3 Å². The lowest BCUT2D eigenvalue weighted by molar-refractivity contribution is -0.368. The van der Waals surface area contributed by atoms with Gasteiger partial charge in [0, 0.05) is 5.38 Å². The first-order chi connectivity index (χ1) is 12.4. The molecule has 0 fully saturated rings. The van der Waals surface area contributed by atoms with Crippen molar-refractivity contribution >= 4 is 16.5 Å². The lowest BCUT2D eigenvalue weighted by Crippen LogP contribution is -2.17. The smallest absolute Gasteiger partial charge is 0.329 e. The number of ether oxygens (including phenoxy) is 1. The number of benzene rings is 2. The average Bonchev–Trinajstić information content (AvgIpc) is 3.05. The van der Waals surface area contributed by atoms with Crippen molar-refractivity contribution in [2.24, 2.45) is 0 Å². The zero-order valence-electron chi connectivity index (χ0n) is 15.9. The molecular formula is C22H27N2OS+. The van der Waals surface area contributed by atoms with Crippen LogP contribution in [0.3, 0.4) is 0 Å². The predicted octanol–water partition coefficient (Wildman–Crippen LogP) is 4.83. The van der Waals surface area contributed by atoms with Gasteiger partial charge in [-0.1, -0.05) is 68.5 Å². The highest BCUT2D eigenvalue weighted by atomic mass is 32.1. The molecule has 1 unspecified atom stereocenters. The van der Waals surface area contributed by atoms with E-state index in [0.717, 1.165) is 23.0 Å². The monoisotopic (exact) mass is 367 g/mol. The number of rotatable bonds is 5. The molecule has 0 bridgehead atoms. The van der Waals surface area contributed by atoms with Crippen molar-refractivity contribution < 1.29 is 9.72 Å². The number of hydrogen-bond donors (Lipinski definition) is 1. The Morgan fingerprint density at radius 2 is 1.69 bits per heavy atom. The number of aromatic nitrogens is 1. The lowest BCUT2D eigenvalue weighted by Gasteiger charge is -2.20. The third kappa shape index (κ3) is 4.25. The van der Waals surface area contributed by atoms with Crippen LogP contribution in [0.25, 0.3) is 0 Å². The molecule has 3 N–H and O–H groups in total. The third-order valence-electron chi connectivity index (χ3n) is 4.73. The van der Waals surface area contributed by atoms with Gasteiger partial charge in [-0.15, -0.1) is 0 Å². The summed E-state index contributed by atoms with van der Waals surface area (Å²) >= 11 is 1.55. The number of anilines is 1. The molecule has 3 aromatic rings. The quantitative estimate of drug-likeness (QED) is 0.702. The van der Waals surface area contributed by atoms with Gasteiger partial charge in [-0.25, -0.2) is 4.98 Å². The van der Waals surface area contributed by atoms with Crippen LogP contribution in [-0.2, 0) is 11.8 Å². The molecule has 0 amide bonds. The van der Waals surface area contributed by atoms with Crippen LogP contribution in [0.5, 0.6) is 5.75 Å². The van der Waals surface area contributed by atoms with Crippen molar-refractivity contribution in [3.05, 3.63) is 76.3 Å². The molecule has 1 atom stereocenters. The van der Waals surface area contributed by atoms with E-state index in [1.54, 1.807) is 18.4 Å². The standard InChI is InChI=1S/C22H26N2OS/c1-22(2,3)17-9-5-15(6-10-17)13-19(20-14-26-21(23)24-20)16-7-11-18(25-4)12-8-16/h5-12,14,19H,13H2,1-4H3,(H2,23,24)/p+1. The molecule has 0 saturated carbocycles. The van der Waals surface area contributed by atoms with Crippen molar-refractivity contribution in [3.8, 4) is 5.75 Å². The van der Waals surface area contributed by atoms with Crippen molar-refractivity contribution in [1.29, 1.82) is 0 Å². The van der Waals surface area contributed by atoms with Crippen LogP contribution in [0.1, 0.15) is 49.1 Å². The number of nitrogens with two attached hydrogens (primary N) is 1. The fourth-order valence-electron chi connectivity index (χ4n) is 3.12. The Balaban J connectivity index is 1.90. The van der Waals surface area contributed by atoms with E-state index in [2.05, 4.69) is 67.5 Å². The fourth-order valence-corrected chi connectivity index (χ4v) is 3.77. The first kappa shape index (κ1) is 18.5.